The average molecular weight is 226 g/mol. The molecule has 1 aromatic heterocycles. The zero-order chi connectivity index (χ0) is 11.0. The summed E-state index contributed by atoms with van der Waals surface area (Å²) < 4.78 is 0.153. The molecule has 5 nitrogen and oxygen atoms in total. The molecule has 0 aliphatic heterocycles. The fourth-order valence-electron chi connectivity index (χ4n) is 1.86. The maximum atomic E-state index is 10.9. The van der Waals surface area contributed by atoms with Gasteiger partial charge in [0, 0.05) is 11.3 Å². The number of hydrogen-bond donors (Lipinski definition) is 3. The molecule has 1 aliphatic carbocycles. The number of nitrogens with zero attached hydrogens (tertiary/aromatic N) is 1. The second-order valence-electron chi connectivity index (χ2n) is 3.50. The molecule has 1 aliphatic rings. The first-order chi connectivity index (χ1) is 7.09. The molecule has 3 N–H and O–H groups in total. The highest BCUT2D eigenvalue weighted by Crippen LogP contribution is 2.30. The first-order valence-corrected chi connectivity index (χ1v) is 5.05. The number of aromatic carboxylic acids is 1. The van der Waals surface area contributed by atoms with Crippen LogP contribution >= 0.6 is 12.2 Å². The van der Waals surface area contributed by atoms with Crippen molar-refractivity contribution in [2.45, 2.75) is 25.4 Å². The molecule has 1 aromatic rings. The van der Waals surface area contributed by atoms with Gasteiger partial charge in [0.05, 0.1) is 6.10 Å². The Labute approximate surface area is 90.8 Å². The summed E-state index contributed by atoms with van der Waals surface area (Å²) in [4.78, 5) is 17.5. The third-order valence-corrected chi connectivity index (χ3v) is 2.68. The summed E-state index contributed by atoms with van der Waals surface area (Å²) in [5, 5.41) is 18.7. The van der Waals surface area contributed by atoms with Crippen molar-refractivity contribution in [2.24, 2.45) is 0 Å². The Morgan fingerprint density at radius 1 is 1.60 bits per heavy atom. The standard InChI is InChI=1S/C9H10N2O3S/c12-5-3-1-2-4-6(5)7(8(13)14)11-9(15)10-4/h5,12H,1-3H2,(H,13,14)(H,10,11,15). The van der Waals surface area contributed by atoms with Gasteiger partial charge in [-0.2, -0.15) is 0 Å². The van der Waals surface area contributed by atoms with Gasteiger partial charge in [0.15, 0.2) is 10.5 Å². The van der Waals surface area contributed by atoms with Gasteiger partial charge in [-0.3, -0.25) is 0 Å². The second kappa shape index (κ2) is 3.71. The van der Waals surface area contributed by atoms with E-state index in [1.54, 1.807) is 0 Å². The molecule has 0 spiro atoms. The van der Waals surface area contributed by atoms with Gasteiger partial charge >= 0.3 is 5.97 Å². The second-order valence-corrected chi connectivity index (χ2v) is 3.88. The molecule has 1 heterocycles. The predicted molar refractivity (Wildman–Crippen MR) is 54.3 cm³/mol. The Hall–Kier alpha value is -1.27. The molecule has 1 unspecified atom stereocenters. The molecule has 2 rings (SSSR count). The normalized spacial score (nSPS) is 19.7. The highest BCUT2D eigenvalue weighted by atomic mass is 32.1. The average Bonchev–Trinajstić information content (AvgIpc) is 2.16. The van der Waals surface area contributed by atoms with E-state index in [9.17, 15) is 9.90 Å². The number of aromatic nitrogens is 2. The van der Waals surface area contributed by atoms with Gasteiger partial charge < -0.3 is 15.2 Å². The van der Waals surface area contributed by atoms with Gasteiger partial charge in [0.25, 0.3) is 0 Å². The van der Waals surface area contributed by atoms with E-state index in [0.29, 0.717) is 24.1 Å². The van der Waals surface area contributed by atoms with Gasteiger partial charge in [-0.25, -0.2) is 9.78 Å². The number of fused-ring (bicyclic) bond motifs is 1. The summed E-state index contributed by atoms with van der Waals surface area (Å²) in [7, 11) is 0. The lowest BCUT2D eigenvalue weighted by Crippen LogP contribution is -2.18. The van der Waals surface area contributed by atoms with E-state index in [-0.39, 0.29) is 10.5 Å². The summed E-state index contributed by atoms with van der Waals surface area (Å²) in [5.41, 5.74) is 0.967. The Bertz CT molecular complexity index is 469. The van der Waals surface area contributed by atoms with Crippen LogP contribution in [0.2, 0.25) is 0 Å². The predicted octanol–water partition coefficient (Wildman–Crippen LogP) is 1.21. The lowest BCUT2D eigenvalue weighted by atomic mass is 9.92. The van der Waals surface area contributed by atoms with E-state index >= 15 is 0 Å². The topological polar surface area (TPSA) is 86.2 Å². The third-order valence-electron chi connectivity index (χ3n) is 2.49. The number of nitrogens with one attached hydrogen (secondary N) is 1. The maximum Gasteiger partial charge on any atom is 0.355 e. The van der Waals surface area contributed by atoms with Crippen molar-refractivity contribution < 1.29 is 15.0 Å². The summed E-state index contributed by atoms with van der Waals surface area (Å²) in [5.74, 6) is -1.15. The van der Waals surface area contributed by atoms with Gasteiger partial charge in [0.1, 0.15) is 0 Å². The van der Waals surface area contributed by atoms with E-state index in [2.05, 4.69) is 9.97 Å². The van der Waals surface area contributed by atoms with Crippen molar-refractivity contribution in [1.29, 1.82) is 0 Å². The number of rotatable bonds is 1. The summed E-state index contributed by atoms with van der Waals surface area (Å²) in [6.45, 7) is 0. The van der Waals surface area contributed by atoms with Crippen LogP contribution in [0, 0.1) is 4.77 Å². The van der Waals surface area contributed by atoms with Crippen molar-refractivity contribution in [3.63, 3.8) is 0 Å². The fourth-order valence-corrected chi connectivity index (χ4v) is 2.08. The molecule has 0 radical (unpaired) electrons. The van der Waals surface area contributed by atoms with Crippen molar-refractivity contribution in [3.05, 3.63) is 21.7 Å². The van der Waals surface area contributed by atoms with Crippen LogP contribution in [0.15, 0.2) is 0 Å². The molecular formula is C9H10N2O3S. The molecule has 6 heteroatoms. The number of aryl methyl sites for hydroxylation is 1. The highest BCUT2D eigenvalue weighted by Gasteiger charge is 2.26. The van der Waals surface area contributed by atoms with Crippen LogP contribution in [0.1, 0.15) is 40.7 Å². The van der Waals surface area contributed by atoms with Gasteiger partial charge in [-0.15, -0.1) is 0 Å². The molecule has 15 heavy (non-hydrogen) atoms. The van der Waals surface area contributed by atoms with Crippen LogP contribution in [-0.2, 0) is 6.42 Å². The third kappa shape index (κ3) is 1.78. The lowest BCUT2D eigenvalue weighted by Gasteiger charge is -2.21. The quantitative estimate of drug-likeness (QED) is 0.626. The van der Waals surface area contributed by atoms with Gasteiger partial charge in [-0.1, -0.05) is 0 Å². The Balaban J connectivity index is 2.69. The van der Waals surface area contributed by atoms with E-state index in [4.69, 9.17) is 17.3 Å². The number of aromatic amines is 1. The number of carboxylic acids is 1. The fraction of sp³-hybridized carbons (Fsp3) is 0.444. The SMILES string of the molecule is O=C(O)c1nc(=S)[nH]c2c1C(O)CCC2. The molecule has 0 saturated carbocycles. The van der Waals surface area contributed by atoms with Crippen LogP contribution in [0.3, 0.4) is 0 Å². The number of aliphatic hydroxyl groups excluding tert-OH is 1. The highest BCUT2D eigenvalue weighted by molar-refractivity contribution is 7.71. The largest absolute Gasteiger partial charge is 0.476 e. The molecule has 0 amide bonds. The van der Waals surface area contributed by atoms with Crippen LogP contribution in [0.4, 0.5) is 0 Å². The monoisotopic (exact) mass is 226 g/mol. The van der Waals surface area contributed by atoms with Gasteiger partial charge in [-0.05, 0) is 31.5 Å². The van der Waals surface area contributed by atoms with Crippen LogP contribution in [-0.4, -0.2) is 26.2 Å². The summed E-state index contributed by atoms with van der Waals surface area (Å²) >= 11 is 4.83. The van der Waals surface area contributed by atoms with Crippen LogP contribution < -0.4 is 0 Å². The first kappa shape index (κ1) is 10.3. The number of aliphatic hydroxyl groups is 1. The summed E-state index contributed by atoms with van der Waals surface area (Å²) in [6, 6.07) is 0. The minimum absolute atomic E-state index is 0.124. The molecule has 1 atom stereocenters. The maximum absolute atomic E-state index is 10.9. The van der Waals surface area contributed by atoms with Crippen molar-refractivity contribution >= 4 is 18.2 Å². The lowest BCUT2D eigenvalue weighted by molar-refractivity contribution is 0.0677. The zero-order valence-electron chi connectivity index (χ0n) is 7.86. The number of H-pyrrole nitrogens is 1. The van der Waals surface area contributed by atoms with Crippen LogP contribution in [0.25, 0.3) is 0 Å². The van der Waals surface area contributed by atoms with Crippen molar-refractivity contribution in [2.75, 3.05) is 0 Å². The smallest absolute Gasteiger partial charge is 0.355 e. The van der Waals surface area contributed by atoms with Gasteiger partial charge in [0.2, 0.25) is 0 Å². The van der Waals surface area contributed by atoms with E-state index < -0.39 is 12.1 Å². The Kier molecular flexibility index (Phi) is 2.54. The number of carbonyl (C=O) groups is 1. The Morgan fingerprint density at radius 3 is 3.00 bits per heavy atom. The summed E-state index contributed by atoms with van der Waals surface area (Å²) in [6.07, 6.45) is 1.35. The number of carboxylic acid groups (broad SMARTS) is 1. The Morgan fingerprint density at radius 2 is 2.33 bits per heavy atom. The van der Waals surface area contributed by atoms with E-state index in [0.717, 1.165) is 6.42 Å². The molecule has 80 valence electrons. The minimum Gasteiger partial charge on any atom is -0.476 e. The first-order valence-electron chi connectivity index (χ1n) is 4.64. The van der Waals surface area contributed by atoms with Crippen molar-refractivity contribution in [3.8, 4) is 0 Å². The van der Waals surface area contributed by atoms with Crippen molar-refractivity contribution in [1.82, 2.24) is 9.97 Å². The molecule has 0 bridgehead atoms. The molecule has 0 fully saturated rings. The zero-order valence-corrected chi connectivity index (χ0v) is 8.67. The molecule has 0 aromatic carbocycles. The van der Waals surface area contributed by atoms with E-state index in [1.165, 1.54) is 0 Å². The van der Waals surface area contributed by atoms with Crippen LogP contribution in [0.5, 0.6) is 0 Å². The number of hydrogen-bond acceptors (Lipinski definition) is 4. The van der Waals surface area contributed by atoms with E-state index in [1.807, 2.05) is 0 Å². The minimum atomic E-state index is -1.15. The molecular weight excluding hydrogens is 216 g/mol. The molecule has 0 saturated heterocycles.